The molecule has 15 heavy (non-hydrogen) atoms. The molecule has 1 saturated heterocycles. The summed E-state index contributed by atoms with van der Waals surface area (Å²) in [4.78, 5) is 15.0. The maximum atomic E-state index is 11.4. The summed E-state index contributed by atoms with van der Waals surface area (Å²) < 4.78 is 11.9. The van der Waals surface area contributed by atoms with E-state index in [0.29, 0.717) is 0 Å². The second kappa shape index (κ2) is 3.97. The molecule has 4 N–H and O–H groups in total. The second-order valence-electron chi connectivity index (χ2n) is 3.13. The first-order valence-electron chi connectivity index (χ1n) is 4.52. The molecule has 1 aromatic heterocycles. The SMILES string of the molecule is NC[C@@H]1OC[C@H](n2ccc(N)nc2=O)O1. The Bertz CT molecular complexity index is 405. The summed E-state index contributed by atoms with van der Waals surface area (Å²) in [6.07, 6.45) is 0.594. The van der Waals surface area contributed by atoms with Crippen molar-refractivity contribution in [2.45, 2.75) is 12.5 Å². The van der Waals surface area contributed by atoms with Crippen molar-refractivity contribution in [3.05, 3.63) is 22.7 Å². The second-order valence-corrected chi connectivity index (χ2v) is 3.13. The first-order valence-corrected chi connectivity index (χ1v) is 4.52. The Labute approximate surface area is 85.6 Å². The minimum Gasteiger partial charge on any atom is -0.383 e. The number of nitrogens with two attached hydrogens (primary N) is 2. The zero-order valence-electron chi connectivity index (χ0n) is 8.00. The summed E-state index contributed by atoms with van der Waals surface area (Å²) in [5.41, 5.74) is 10.3. The van der Waals surface area contributed by atoms with Crippen LogP contribution in [0.3, 0.4) is 0 Å². The lowest BCUT2D eigenvalue weighted by Crippen LogP contribution is -2.29. The fraction of sp³-hybridized carbons (Fsp3) is 0.500. The van der Waals surface area contributed by atoms with Crippen LogP contribution in [0.2, 0.25) is 0 Å². The summed E-state index contributed by atoms with van der Waals surface area (Å²) in [6, 6.07) is 1.53. The molecule has 2 heterocycles. The maximum absolute atomic E-state index is 11.4. The lowest BCUT2D eigenvalue weighted by molar-refractivity contribution is -0.0643. The molecule has 0 bridgehead atoms. The van der Waals surface area contributed by atoms with Gasteiger partial charge in [-0.15, -0.1) is 0 Å². The molecular formula is C8H12N4O3. The molecule has 7 heteroatoms. The molecule has 1 aliphatic heterocycles. The van der Waals surface area contributed by atoms with Gasteiger partial charge in [0.1, 0.15) is 5.82 Å². The Morgan fingerprint density at radius 2 is 2.47 bits per heavy atom. The zero-order valence-corrected chi connectivity index (χ0v) is 8.00. The van der Waals surface area contributed by atoms with Crippen LogP contribution < -0.4 is 17.2 Å². The number of nitrogen functional groups attached to an aromatic ring is 1. The minimum atomic E-state index is -0.473. The van der Waals surface area contributed by atoms with E-state index in [9.17, 15) is 4.79 Å². The Morgan fingerprint density at radius 3 is 3.07 bits per heavy atom. The molecule has 0 radical (unpaired) electrons. The monoisotopic (exact) mass is 212 g/mol. The van der Waals surface area contributed by atoms with Gasteiger partial charge >= 0.3 is 5.69 Å². The quantitative estimate of drug-likeness (QED) is 0.628. The van der Waals surface area contributed by atoms with Crippen LogP contribution in [0, 0.1) is 0 Å². The van der Waals surface area contributed by atoms with Gasteiger partial charge in [0.15, 0.2) is 12.5 Å². The molecule has 1 aliphatic rings. The van der Waals surface area contributed by atoms with E-state index in [1.165, 1.54) is 16.8 Å². The van der Waals surface area contributed by atoms with Gasteiger partial charge in [-0.05, 0) is 6.07 Å². The van der Waals surface area contributed by atoms with E-state index in [1.807, 2.05) is 0 Å². The highest BCUT2D eigenvalue weighted by molar-refractivity contribution is 5.23. The molecular weight excluding hydrogens is 200 g/mol. The number of rotatable bonds is 2. The van der Waals surface area contributed by atoms with Crippen molar-refractivity contribution in [3.63, 3.8) is 0 Å². The third-order valence-corrected chi connectivity index (χ3v) is 2.09. The summed E-state index contributed by atoms with van der Waals surface area (Å²) in [5.74, 6) is 0.186. The van der Waals surface area contributed by atoms with Crippen LogP contribution in [-0.4, -0.2) is 29.0 Å². The number of hydrogen-bond donors (Lipinski definition) is 2. The highest BCUT2D eigenvalue weighted by Crippen LogP contribution is 2.18. The van der Waals surface area contributed by atoms with Gasteiger partial charge in [-0.3, -0.25) is 4.57 Å². The molecule has 0 amide bonds. The number of hydrogen-bond acceptors (Lipinski definition) is 6. The van der Waals surface area contributed by atoms with Crippen LogP contribution >= 0.6 is 0 Å². The fourth-order valence-electron chi connectivity index (χ4n) is 1.36. The van der Waals surface area contributed by atoms with Crippen molar-refractivity contribution >= 4 is 5.82 Å². The van der Waals surface area contributed by atoms with Crippen LogP contribution in [0.4, 0.5) is 5.82 Å². The molecule has 0 unspecified atom stereocenters. The third kappa shape index (κ3) is 1.99. The molecule has 1 fully saturated rings. The molecule has 2 rings (SSSR count). The first kappa shape index (κ1) is 10.1. The van der Waals surface area contributed by atoms with Gasteiger partial charge < -0.3 is 20.9 Å². The average Bonchev–Trinajstić information content (AvgIpc) is 2.66. The third-order valence-electron chi connectivity index (χ3n) is 2.09. The van der Waals surface area contributed by atoms with Gasteiger partial charge in [0.25, 0.3) is 0 Å². The van der Waals surface area contributed by atoms with E-state index < -0.39 is 18.2 Å². The molecule has 0 spiro atoms. The molecule has 1 aromatic rings. The van der Waals surface area contributed by atoms with Gasteiger partial charge in [-0.1, -0.05) is 0 Å². The standard InChI is InChI=1S/C8H12N4O3/c9-3-7-14-4-6(15-7)12-2-1-5(10)11-8(12)13/h1-2,6-7H,3-4,9H2,(H2,10,11,13)/t6-,7-/m1/s1. The highest BCUT2D eigenvalue weighted by Gasteiger charge is 2.26. The van der Waals surface area contributed by atoms with Crippen molar-refractivity contribution in [3.8, 4) is 0 Å². The van der Waals surface area contributed by atoms with Crippen LogP contribution in [-0.2, 0) is 9.47 Å². The van der Waals surface area contributed by atoms with Gasteiger partial charge in [-0.2, -0.15) is 4.98 Å². The molecule has 0 aromatic carbocycles. The normalized spacial score (nSPS) is 25.7. The number of nitrogens with zero attached hydrogens (tertiary/aromatic N) is 2. The molecule has 0 saturated carbocycles. The Morgan fingerprint density at radius 1 is 1.67 bits per heavy atom. The molecule has 0 aliphatic carbocycles. The topological polar surface area (TPSA) is 105 Å². The first-order chi connectivity index (χ1) is 7.20. The van der Waals surface area contributed by atoms with Crippen LogP contribution in [0.5, 0.6) is 0 Å². The molecule has 82 valence electrons. The number of ether oxygens (including phenoxy) is 2. The summed E-state index contributed by atoms with van der Waals surface area (Å²) in [7, 11) is 0. The molecule has 2 atom stereocenters. The Hall–Kier alpha value is -1.44. The van der Waals surface area contributed by atoms with Crippen molar-refractivity contribution < 1.29 is 9.47 Å². The minimum absolute atomic E-state index is 0.186. The van der Waals surface area contributed by atoms with Crippen LogP contribution in [0.1, 0.15) is 6.23 Å². The van der Waals surface area contributed by atoms with Crippen LogP contribution in [0.25, 0.3) is 0 Å². The van der Waals surface area contributed by atoms with Crippen molar-refractivity contribution in [1.29, 1.82) is 0 Å². The Balaban J connectivity index is 2.20. The van der Waals surface area contributed by atoms with Gasteiger partial charge in [-0.25, -0.2) is 4.79 Å². The summed E-state index contributed by atoms with van der Waals surface area (Å²) >= 11 is 0. The van der Waals surface area contributed by atoms with E-state index >= 15 is 0 Å². The molecule has 7 nitrogen and oxygen atoms in total. The zero-order chi connectivity index (χ0) is 10.8. The van der Waals surface area contributed by atoms with Crippen LogP contribution in [0.15, 0.2) is 17.1 Å². The predicted octanol–water partition coefficient (Wildman–Crippen LogP) is -1.34. The number of aromatic nitrogens is 2. The smallest absolute Gasteiger partial charge is 0.351 e. The number of anilines is 1. The largest absolute Gasteiger partial charge is 0.383 e. The lowest BCUT2D eigenvalue weighted by Gasteiger charge is -2.11. The predicted molar refractivity (Wildman–Crippen MR) is 51.8 cm³/mol. The van der Waals surface area contributed by atoms with E-state index in [0.717, 1.165) is 0 Å². The highest BCUT2D eigenvalue weighted by atomic mass is 16.7. The van der Waals surface area contributed by atoms with Gasteiger partial charge in [0.05, 0.1) is 6.61 Å². The Kier molecular flexibility index (Phi) is 2.67. The summed E-state index contributed by atoms with van der Waals surface area (Å²) in [6.45, 7) is 0.543. The van der Waals surface area contributed by atoms with Gasteiger partial charge in [0, 0.05) is 12.7 Å². The van der Waals surface area contributed by atoms with Crippen molar-refractivity contribution in [1.82, 2.24) is 9.55 Å². The lowest BCUT2D eigenvalue weighted by atomic mass is 10.5. The summed E-state index contributed by atoms with van der Waals surface area (Å²) in [5, 5.41) is 0. The van der Waals surface area contributed by atoms with Crippen molar-refractivity contribution in [2.24, 2.45) is 5.73 Å². The van der Waals surface area contributed by atoms with Crippen molar-refractivity contribution in [2.75, 3.05) is 18.9 Å². The van der Waals surface area contributed by atoms with E-state index in [2.05, 4.69) is 4.98 Å². The fourth-order valence-corrected chi connectivity index (χ4v) is 1.36. The van der Waals surface area contributed by atoms with E-state index in [1.54, 1.807) is 0 Å². The maximum Gasteiger partial charge on any atom is 0.351 e. The van der Waals surface area contributed by atoms with E-state index in [-0.39, 0.29) is 19.0 Å². The van der Waals surface area contributed by atoms with E-state index in [4.69, 9.17) is 20.9 Å². The van der Waals surface area contributed by atoms with Gasteiger partial charge in [0.2, 0.25) is 0 Å². The average molecular weight is 212 g/mol.